The molecule has 7 heteroatoms. The minimum Gasteiger partial charge on any atom is -0.478 e. The summed E-state index contributed by atoms with van der Waals surface area (Å²) in [6, 6.07) is 8.88. The van der Waals surface area contributed by atoms with Crippen molar-refractivity contribution in [2.24, 2.45) is 0 Å². The zero-order valence-electron chi connectivity index (χ0n) is 23.8. The van der Waals surface area contributed by atoms with Crippen molar-refractivity contribution < 1.29 is 24.5 Å². The van der Waals surface area contributed by atoms with Gasteiger partial charge in [0.05, 0.1) is 16.7 Å². The Morgan fingerprint density at radius 1 is 0.738 bits per heavy atom. The van der Waals surface area contributed by atoms with Crippen LogP contribution in [0, 0.1) is 0 Å². The quantitative estimate of drug-likeness (QED) is 0.362. The summed E-state index contributed by atoms with van der Waals surface area (Å²) in [7, 11) is 0. The molecule has 0 unspecified atom stereocenters. The maximum Gasteiger partial charge on any atom is 0.336 e. The lowest BCUT2D eigenvalue weighted by atomic mass is 9.82. The van der Waals surface area contributed by atoms with Crippen LogP contribution in [0.1, 0.15) is 92.6 Å². The summed E-state index contributed by atoms with van der Waals surface area (Å²) in [6.07, 6.45) is 10.4. The molecule has 0 amide bonds. The van der Waals surface area contributed by atoms with Gasteiger partial charge in [0.1, 0.15) is 24.6 Å². The summed E-state index contributed by atoms with van der Waals surface area (Å²) in [5, 5.41) is 22.5. The Balaban J connectivity index is 1.54. The fourth-order valence-corrected chi connectivity index (χ4v) is 8.19. The molecule has 214 valence electrons. The second kappa shape index (κ2) is 9.72. The number of fused-ring (bicyclic) bond motifs is 4. The Hall–Kier alpha value is -4.13. The predicted octanol–water partition coefficient (Wildman–Crippen LogP) is 4.30. The van der Waals surface area contributed by atoms with Crippen molar-refractivity contribution in [3.63, 3.8) is 0 Å². The number of carbonyl (C=O) groups is 2. The molecule has 0 saturated carbocycles. The summed E-state index contributed by atoms with van der Waals surface area (Å²) >= 11 is 0. The van der Waals surface area contributed by atoms with Gasteiger partial charge in [-0.2, -0.15) is 0 Å². The summed E-state index contributed by atoms with van der Waals surface area (Å²) in [4.78, 5) is 27.4. The third kappa shape index (κ3) is 3.82. The maximum absolute atomic E-state index is 12.7. The van der Waals surface area contributed by atoms with Gasteiger partial charge in [-0.1, -0.05) is 0 Å². The third-order valence-electron chi connectivity index (χ3n) is 9.95. The molecule has 0 atom stereocenters. The lowest BCUT2D eigenvalue weighted by Crippen LogP contribution is -2.41. The van der Waals surface area contributed by atoms with Crippen LogP contribution in [0.2, 0.25) is 0 Å². The first-order chi connectivity index (χ1) is 20.5. The van der Waals surface area contributed by atoms with Crippen molar-refractivity contribution in [1.29, 1.82) is 0 Å². The first-order valence-corrected chi connectivity index (χ1v) is 15.5. The molecule has 2 N–H and O–H groups in total. The molecule has 3 aromatic carbocycles. The fraction of sp³-hybridized carbons (Fsp3) is 0.400. The Kier molecular flexibility index (Phi) is 5.92. The second-order valence-corrected chi connectivity index (χ2v) is 12.4. The van der Waals surface area contributed by atoms with Gasteiger partial charge >= 0.3 is 11.9 Å². The SMILES string of the molecule is O=C(O)c1ccc(C(=O)O)c(C2=c3cc4c5c(c3Oc3c2cc2c6c3CCCN6CCCC2)CCC[N+]=5CCCC4)c1. The number of aromatic carboxylic acids is 2. The van der Waals surface area contributed by atoms with Crippen LogP contribution < -0.4 is 24.8 Å². The number of hydrogen-bond donors (Lipinski definition) is 2. The monoisotopic (exact) mass is 563 g/mol. The van der Waals surface area contributed by atoms with Crippen LogP contribution >= 0.6 is 0 Å². The highest BCUT2D eigenvalue weighted by atomic mass is 16.5. The summed E-state index contributed by atoms with van der Waals surface area (Å²) < 4.78 is 9.62. The molecular formula is C35H35N2O5+. The molecule has 5 aliphatic heterocycles. The molecule has 7 nitrogen and oxygen atoms in total. The Morgan fingerprint density at radius 3 is 2.38 bits per heavy atom. The topological polar surface area (TPSA) is 90.1 Å². The Bertz CT molecular complexity index is 1840. The molecule has 0 spiro atoms. The maximum atomic E-state index is 12.7. The number of carboxylic acid groups (broad SMARTS) is 2. The third-order valence-corrected chi connectivity index (χ3v) is 9.95. The molecule has 42 heavy (non-hydrogen) atoms. The van der Waals surface area contributed by atoms with Crippen LogP contribution in [0.3, 0.4) is 0 Å². The lowest BCUT2D eigenvalue weighted by Gasteiger charge is -2.35. The fourth-order valence-electron chi connectivity index (χ4n) is 8.19. The minimum absolute atomic E-state index is 0.0849. The van der Waals surface area contributed by atoms with Gasteiger partial charge in [0.2, 0.25) is 5.36 Å². The number of ether oxygens (including phenoxy) is 1. The van der Waals surface area contributed by atoms with E-state index >= 15 is 0 Å². The average Bonchev–Trinajstić information content (AvgIpc) is 3.34. The number of aryl methyl sites for hydroxylation is 2. The van der Waals surface area contributed by atoms with Crippen molar-refractivity contribution in [1.82, 2.24) is 4.58 Å². The van der Waals surface area contributed by atoms with Crippen LogP contribution in [0.4, 0.5) is 5.69 Å². The van der Waals surface area contributed by atoms with Crippen LogP contribution in [0.15, 0.2) is 30.3 Å². The van der Waals surface area contributed by atoms with Crippen LogP contribution in [0.5, 0.6) is 11.5 Å². The largest absolute Gasteiger partial charge is 0.478 e. The van der Waals surface area contributed by atoms with Crippen LogP contribution in [-0.2, 0) is 25.7 Å². The van der Waals surface area contributed by atoms with Crippen molar-refractivity contribution in [2.45, 2.75) is 64.2 Å². The van der Waals surface area contributed by atoms with Gasteiger partial charge in [0.25, 0.3) is 0 Å². The molecule has 0 aliphatic carbocycles. The number of carboxylic acids is 2. The molecule has 5 heterocycles. The average molecular weight is 564 g/mol. The smallest absolute Gasteiger partial charge is 0.336 e. The first kappa shape index (κ1) is 25.6. The van der Waals surface area contributed by atoms with E-state index in [1.54, 1.807) is 6.07 Å². The zero-order valence-corrected chi connectivity index (χ0v) is 23.8. The number of rotatable bonds is 3. The molecule has 5 aliphatic rings. The normalized spacial score (nSPS) is 18.5. The highest BCUT2D eigenvalue weighted by molar-refractivity contribution is 6.01. The summed E-state index contributed by atoms with van der Waals surface area (Å²) in [5.74, 6) is -0.459. The molecule has 0 radical (unpaired) electrons. The standard InChI is InChI=1S/C35H34N2O5/c38-34(39)22-11-12-23(35(40)41)26(19-22)29-27-17-20-7-1-3-13-36-15-5-9-24(30(20)36)32(27)42-33-25-10-6-16-37-14-4-2-8-21(31(25)37)18-28(29)33/h11-12,17-19H,1-10,13-16H2,(H-,38,39,40,41)/p+1. The van der Waals surface area contributed by atoms with Gasteiger partial charge < -0.3 is 19.8 Å². The van der Waals surface area contributed by atoms with E-state index in [1.807, 2.05) is 0 Å². The van der Waals surface area contributed by atoms with E-state index < -0.39 is 11.9 Å². The van der Waals surface area contributed by atoms with Gasteiger partial charge in [-0.25, -0.2) is 14.2 Å². The van der Waals surface area contributed by atoms with Crippen molar-refractivity contribution in [2.75, 3.05) is 31.1 Å². The molecule has 8 rings (SSSR count). The lowest BCUT2D eigenvalue weighted by molar-refractivity contribution is 0.0681. The molecule has 0 bridgehead atoms. The van der Waals surface area contributed by atoms with E-state index in [1.165, 1.54) is 45.4 Å². The van der Waals surface area contributed by atoms with E-state index in [2.05, 4.69) is 21.6 Å². The molecule has 0 aromatic heterocycles. The number of benzene rings is 3. The van der Waals surface area contributed by atoms with Crippen LogP contribution in [-0.4, -0.2) is 48.3 Å². The summed E-state index contributed by atoms with van der Waals surface area (Å²) in [5.41, 5.74) is 8.69. The molecular weight excluding hydrogens is 528 g/mol. The highest BCUT2D eigenvalue weighted by Gasteiger charge is 2.36. The number of nitrogens with zero attached hydrogens (tertiary/aromatic N) is 2. The summed E-state index contributed by atoms with van der Waals surface area (Å²) in [6.45, 7) is 4.18. The van der Waals surface area contributed by atoms with Gasteiger partial charge in [0, 0.05) is 59.1 Å². The van der Waals surface area contributed by atoms with E-state index in [0.29, 0.717) is 5.56 Å². The van der Waals surface area contributed by atoms with Gasteiger partial charge in [-0.3, -0.25) is 0 Å². The highest BCUT2D eigenvalue weighted by Crippen LogP contribution is 2.48. The van der Waals surface area contributed by atoms with Crippen molar-refractivity contribution >= 4 is 23.2 Å². The number of hydrogen-bond acceptors (Lipinski definition) is 4. The second-order valence-electron chi connectivity index (χ2n) is 12.4. The first-order valence-electron chi connectivity index (χ1n) is 15.5. The molecule has 3 aromatic rings. The van der Waals surface area contributed by atoms with E-state index in [0.717, 1.165) is 118 Å². The van der Waals surface area contributed by atoms with Gasteiger partial charge in [0.15, 0.2) is 0 Å². The Morgan fingerprint density at radius 2 is 1.52 bits per heavy atom. The van der Waals surface area contributed by atoms with Crippen LogP contribution in [0.25, 0.3) is 5.57 Å². The van der Waals surface area contributed by atoms with Crippen molar-refractivity contribution in [3.05, 3.63) is 85.4 Å². The predicted molar refractivity (Wildman–Crippen MR) is 160 cm³/mol. The Labute approximate surface area is 244 Å². The number of anilines is 1. The molecule has 0 fully saturated rings. The van der Waals surface area contributed by atoms with Gasteiger partial charge in [-0.15, -0.1) is 0 Å². The van der Waals surface area contributed by atoms with E-state index in [9.17, 15) is 19.8 Å². The molecule has 0 saturated heterocycles. The van der Waals surface area contributed by atoms with E-state index in [4.69, 9.17) is 4.74 Å². The van der Waals surface area contributed by atoms with Gasteiger partial charge in [-0.05, 0) is 92.8 Å². The van der Waals surface area contributed by atoms with E-state index in [-0.39, 0.29) is 11.1 Å². The zero-order chi connectivity index (χ0) is 28.5. The van der Waals surface area contributed by atoms with Crippen molar-refractivity contribution in [3.8, 4) is 11.5 Å². The minimum atomic E-state index is -1.07.